The molecule has 0 amide bonds. The molecule has 0 saturated heterocycles. The first-order valence-electron chi connectivity index (χ1n) is 5.99. The molecule has 0 aliphatic carbocycles. The summed E-state index contributed by atoms with van der Waals surface area (Å²) in [7, 11) is 0. The largest absolute Gasteiger partial charge is 0.487 e. The summed E-state index contributed by atoms with van der Waals surface area (Å²) in [6.45, 7) is 6.77. The van der Waals surface area contributed by atoms with Gasteiger partial charge >= 0.3 is 0 Å². The van der Waals surface area contributed by atoms with Crippen molar-refractivity contribution in [2.45, 2.75) is 26.4 Å². The van der Waals surface area contributed by atoms with E-state index in [0.717, 1.165) is 25.3 Å². The molecule has 1 aliphatic heterocycles. The lowest BCUT2D eigenvalue weighted by molar-refractivity contribution is 0.213. The summed E-state index contributed by atoms with van der Waals surface area (Å²) >= 11 is 0. The van der Waals surface area contributed by atoms with Crippen molar-refractivity contribution in [3.05, 3.63) is 23.8 Å². The van der Waals surface area contributed by atoms with Gasteiger partial charge in [0, 0.05) is 13.1 Å². The Labute approximate surface area is 97.2 Å². The Bertz CT molecular complexity index is 365. The third kappa shape index (κ3) is 2.14. The molecule has 1 aromatic carbocycles. The second-order valence-electron chi connectivity index (χ2n) is 4.32. The number of nitrogens with zero attached hydrogens (tertiary/aromatic N) is 1. The predicted octanol–water partition coefficient (Wildman–Crippen LogP) is 1.79. The van der Waals surface area contributed by atoms with Gasteiger partial charge in [-0.1, -0.05) is 13.0 Å². The van der Waals surface area contributed by atoms with E-state index in [0.29, 0.717) is 6.54 Å². The molecule has 1 aliphatic rings. The first-order chi connectivity index (χ1) is 7.74. The molecule has 0 fully saturated rings. The number of aryl methyl sites for hydroxylation is 1. The fourth-order valence-corrected chi connectivity index (χ4v) is 2.16. The van der Waals surface area contributed by atoms with Crippen LogP contribution in [0.4, 0.5) is 5.69 Å². The van der Waals surface area contributed by atoms with Crippen molar-refractivity contribution in [1.82, 2.24) is 0 Å². The first kappa shape index (κ1) is 11.3. The number of hydrogen-bond donors (Lipinski definition) is 1. The molecular formula is C13H20N2O. The smallest absolute Gasteiger partial charge is 0.143 e. The van der Waals surface area contributed by atoms with Crippen molar-refractivity contribution in [2.75, 3.05) is 24.5 Å². The fourth-order valence-electron chi connectivity index (χ4n) is 2.16. The van der Waals surface area contributed by atoms with Crippen LogP contribution in [-0.2, 0) is 6.42 Å². The molecule has 1 atom stereocenters. The highest BCUT2D eigenvalue weighted by atomic mass is 16.5. The Balaban J connectivity index is 2.33. The van der Waals surface area contributed by atoms with E-state index >= 15 is 0 Å². The number of fused-ring (bicyclic) bond motifs is 1. The number of hydrogen-bond acceptors (Lipinski definition) is 3. The van der Waals surface area contributed by atoms with Gasteiger partial charge in [-0.3, -0.25) is 0 Å². The molecule has 2 N–H and O–H groups in total. The molecule has 3 heteroatoms. The van der Waals surface area contributed by atoms with Gasteiger partial charge < -0.3 is 15.4 Å². The number of nitrogens with two attached hydrogens (primary N) is 1. The number of anilines is 1. The maximum absolute atomic E-state index is 5.83. The van der Waals surface area contributed by atoms with E-state index in [2.05, 4.69) is 36.9 Å². The van der Waals surface area contributed by atoms with Gasteiger partial charge in [-0.25, -0.2) is 0 Å². The predicted molar refractivity (Wildman–Crippen MR) is 67.2 cm³/mol. The standard InChI is InChI=1S/C13H20N2O/c1-3-11-4-5-13-12(8-11)15(7-6-14)9-10(2)16-13/h4-5,8,10H,3,6-7,9,14H2,1-2H3. The van der Waals surface area contributed by atoms with Crippen LogP contribution in [0.15, 0.2) is 18.2 Å². The van der Waals surface area contributed by atoms with E-state index < -0.39 is 0 Å². The van der Waals surface area contributed by atoms with Crippen molar-refractivity contribution in [3.8, 4) is 5.75 Å². The topological polar surface area (TPSA) is 38.5 Å². The molecule has 3 nitrogen and oxygen atoms in total. The van der Waals surface area contributed by atoms with E-state index in [9.17, 15) is 0 Å². The fraction of sp³-hybridized carbons (Fsp3) is 0.538. The molecule has 0 saturated carbocycles. The average Bonchev–Trinajstić information content (AvgIpc) is 2.29. The molecule has 1 unspecified atom stereocenters. The zero-order valence-electron chi connectivity index (χ0n) is 10.1. The lowest BCUT2D eigenvalue weighted by Crippen LogP contribution is -2.41. The van der Waals surface area contributed by atoms with Crippen LogP contribution in [0.1, 0.15) is 19.4 Å². The Morgan fingerprint density at radius 1 is 1.50 bits per heavy atom. The molecule has 1 aromatic rings. The second kappa shape index (κ2) is 4.74. The lowest BCUT2D eigenvalue weighted by Gasteiger charge is -2.35. The quantitative estimate of drug-likeness (QED) is 0.844. The van der Waals surface area contributed by atoms with E-state index in [1.807, 2.05) is 0 Å². The van der Waals surface area contributed by atoms with Crippen LogP contribution in [0, 0.1) is 0 Å². The van der Waals surface area contributed by atoms with Crippen molar-refractivity contribution in [1.29, 1.82) is 0 Å². The molecule has 0 radical (unpaired) electrons. The second-order valence-corrected chi connectivity index (χ2v) is 4.32. The van der Waals surface area contributed by atoms with Gasteiger partial charge in [0.05, 0.1) is 12.2 Å². The summed E-state index contributed by atoms with van der Waals surface area (Å²) in [5, 5.41) is 0. The summed E-state index contributed by atoms with van der Waals surface area (Å²) in [6.07, 6.45) is 1.30. The summed E-state index contributed by atoms with van der Waals surface area (Å²) in [5.41, 5.74) is 8.19. The summed E-state index contributed by atoms with van der Waals surface area (Å²) in [6, 6.07) is 6.43. The zero-order chi connectivity index (χ0) is 11.5. The van der Waals surface area contributed by atoms with E-state index in [1.54, 1.807) is 0 Å². The number of rotatable bonds is 3. The molecule has 2 rings (SSSR count). The first-order valence-corrected chi connectivity index (χ1v) is 5.99. The summed E-state index contributed by atoms with van der Waals surface area (Å²) in [5.74, 6) is 0.990. The number of ether oxygens (including phenoxy) is 1. The van der Waals surface area contributed by atoms with Crippen molar-refractivity contribution < 1.29 is 4.74 Å². The van der Waals surface area contributed by atoms with Gasteiger partial charge in [-0.2, -0.15) is 0 Å². The van der Waals surface area contributed by atoms with Crippen LogP contribution in [0.5, 0.6) is 5.75 Å². The van der Waals surface area contributed by atoms with Gasteiger partial charge in [-0.15, -0.1) is 0 Å². The normalized spacial score (nSPS) is 19.2. The van der Waals surface area contributed by atoms with Gasteiger partial charge in [0.2, 0.25) is 0 Å². The Kier molecular flexibility index (Phi) is 3.34. The molecule has 0 bridgehead atoms. The zero-order valence-corrected chi connectivity index (χ0v) is 10.1. The SMILES string of the molecule is CCc1ccc2c(c1)N(CCN)CC(C)O2. The van der Waals surface area contributed by atoms with Crippen LogP contribution in [0.25, 0.3) is 0 Å². The highest BCUT2D eigenvalue weighted by Gasteiger charge is 2.22. The van der Waals surface area contributed by atoms with Gasteiger partial charge in [0.1, 0.15) is 11.9 Å². The molecular weight excluding hydrogens is 200 g/mol. The van der Waals surface area contributed by atoms with Crippen LogP contribution < -0.4 is 15.4 Å². The third-order valence-electron chi connectivity index (χ3n) is 2.98. The van der Waals surface area contributed by atoms with Gasteiger partial charge in [-0.05, 0) is 31.0 Å². The Morgan fingerprint density at radius 2 is 2.31 bits per heavy atom. The Hall–Kier alpha value is -1.22. The maximum atomic E-state index is 5.83. The van der Waals surface area contributed by atoms with Gasteiger partial charge in [0.25, 0.3) is 0 Å². The van der Waals surface area contributed by atoms with Gasteiger partial charge in [0.15, 0.2) is 0 Å². The molecule has 1 heterocycles. The highest BCUT2D eigenvalue weighted by molar-refractivity contribution is 5.61. The van der Waals surface area contributed by atoms with E-state index in [4.69, 9.17) is 10.5 Å². The van der Waals surface area contributed by atoms with E-state index in [-0.39, 0.29) is 6.10 Å². The minimum absolute atomic E-state index is 0.242. The molecule has 0 spiro atoms. The van der Waals surface area contributed by atoms with Crippen LogP contribution >= 0.6 is 0 Å². The van der Waals surface area contributed by atoms with Crippen LogP contribution in [0.3, 0.4) is 0 Å². The van der Waals surface area contributed by atoms with Crippen molar-refractivity contribution in [3.63, 3.8) is 0 Å². The molecule has 0 aromatic heterocycles. The van der Waals surface area contributed by atoms with Crippen molar-refractivity contribution in [2.24, 2.45) is 5.73 Å². The summed E-state index contributed by atoms with van der Waals surface area (Å²) < 4.78 is 5.83. The molecule has 16 heavy (non-hydrogen) atoms. The maximum Gasteiger partial charge on any atom is 0.143 e. The van der Waals surface area contributed by atoms with Crippen LogP contribution in [0.2, 0.25) is 0 Å². The Morgan fingerprint density at radius 3 is 3.00 bits per heavy atom. The monoisotopic (exact) mass is 220 g/mol. The van der Waals surface area contributed by atoms with Crippen molar-refractivity contribution >= 4 is 5.69 Å². The minimum atomic E-state index is 0.242. The lowest BCUT2D eigenvalue weighted by atomic mass is 10.1. The van der Waals surface area contributed by atoms with E-state index in [1.165, 1.54) is 11.3 Å². The minimum Gasteiger partial charge on any atom is -0.487 e. The third-order valence-corrected chi connectivity index (χ3v) is 2.98. The summed E-state index contributed by atoms with van der Waals surface area (Å²) in [4.78, 5) is 2.32. The van der Waals surface area contributed by atoms with Crippen LogP contribution in [-0.4, -0.2) is 25.7 Å². The average molecular weight is 220 g/mol. The highest BCUT2D eigenvalue weighted by Crippen LogP contribution is 2.34. The molecule has 88 valence electrons. The number of benzene rings is 1.